The molecule has 1 atom stereocenters. The number of aliphatic carboxylic acids is 1. The van der Waals surface area contributed by atoms with Crippen molar-refractivity contribution >= 4 is 24.5 Å². The highest BCUT2D eigenvalue weighted by Gasteiger charge is 2.09. The van der Waals surface area contributed by atoms with Crippen LogP contribution in [0.4, 0.5) is 0 Å². The molecule has 1 unspecified atom stereocenters. The van der Waals surface area contributed by atoms with Crippen LogP contribution in [-0.4, -0.2) is 38.3 Å². The van der Waals surface area contributed by atoms with Crippen LogP contribution in [0.1, 0.15) is 19.3 Å². The van der Waals surface area contributed by atoms with Crippen molar-refractivity contribution in [3.63, 3.8) is 0 Å². The van der Waals surface area contributed by atoms with Crippen molar-refractivity contribution in [2.45, 2.75) is 25.3 Å². The highest BCUT2D eigenvalue weighted by molar-refractivity contribution is 8.06. The number of nitrogens with two attached hydrogens (primary N) is 2. The molecule has 0 spiro atoms. The Balaban J connectivity index is 0. The molecule has 0 aliphatic heterocycles. The van der Waals surface area contributed by atoms with Gasteiger partial charge in [0.05, 0.1) is 0 Å². The highest BCUT2D eigenvalue weighted by atomic mass is 32.5. The Morgan fingerprint density at radius 1 is 1.33 bits per heavy atom. The van der Waals surface area contributed by atoms with Gasteiger partial charge in [0.2, 0.25) is 0 Å². The molecule has 0 heterocycles. The third kappa shape index (κ3) is 24.9. The van der Waals surface area contributed by atoms with Crippen molar-refractivity contribution in [2.75, 3.05) is 6.54 Å². The van der Waals surface area contributed by atoms with Crippen LogP contribution in [0.3, 0.4) is 0 Å². The molecule has 0 aliphatic carbocycles. The third-order valence-corrected chi connectivity index (χ3v) is 1.29. The summed E-state index contributed by atoms with van der Waals surface area (Å²) < 4.78 is 0. The zero-order valence-corrected chi connectivity index (χ0v) is 9.82. The molecule has 0 aliphatic rings. The Morgan fingerprint density at radius 2 is 1.73 bits per heavy atom. The van der Waals surface area contributed by atoms with E-state index in [1.54, 1.807) is 0 Å². The van der Waals surface area contributed by atoms with Crippen LogP contribution in [0, 0.1) is 0 Å². The minimum Gasteiger partial charge on any atom is -0.480 e. The first-order chi connectivity index (χ1) is 6.68. The summed E-state index contributed by atoms with van der Waals surface area (Å²) in [5.74, 6) is -0.933. The first kappa shape index (κ1) is 17.3. The lowest BCUT2D eigenvalue weighted by Gasteiger charge is -2.03. The van der Waals surface area contributed by atoms with Gasteiger partial charge in [-0.1, -0.05) is 6.42 Å². The first-order valence-corrected chi connectivity index (χ1v) is 6.81. The minimum absolute atomic E-state index is 0.520. The van der Waals surface area contributed by atoms with Gasteiger partial charge in [0.15, 0.2) is 0 Å². The fraction of sp³-hybridized carbons (Fsp3) is 0.833. The molecular weight excluding hydrogens is 243 g/mol. The summed E-state index contributed by atoms with van der Waals surface area (Å²) in [6.07, 6.45) is 2.16. The van der Waals surface area contributed by atoms with Crippen LogP contribution in [0.25, 0.3) is 0 Å². The summed E-state index contributed by atoms with van der Waals surface area (Å²) in [4.78, 5) is 32.8. The van der Waals surface area contributed by atoms with E-state index < -0.39 is 18.7 Å². The van der Waals surface area contributed by atoms with Gasteiger partial charge < -0.3 is 31.3 Å². The maximum Gasteiger partial charge on any atom is 0.320 e. The summed E-state index contributed by atoms with van der Waals surface area (Å²) in [6, 6.07) is -0.716. The quantitative estimate of drug-likeness (QED) is 0.264. The average Bonchev–Trinajstić information content (AvgIpc) is 2.01. The number of carbonyl (C=O) groups is 1. The zero-order valence-electron chi connectivity index (χ0n) is 8.11. The van der Waals surface area contributed by atoms with Gasteiger partial charge in [-0.05, 0) is 31.2 Å². The number of carboxylic acids is 1. The average molecular weight is 260 g/mol. The van der Waals surface area contributed by atoms with Crippen LogP contribution < -0.4 is 11.5 Å². The van der Waals surface area contributed by atoms with Crippen molar-refractivity contribution in [3.05, 3.63) is 0 Å². The van der Waals surface area contributed by atoms with E-state index in [9.17, 15) is 4.79 Å². The molecule has 15 heavy (non-hydrogen) atoms. The van der Waals surface area contributed by atoms with Gasteiger partial charge in [0, 0.05) is 0 Å². The Labute approximate surface area is 93.0 Å². The molecule has 0 amide bonds. The SMILES string of the molecule is NCCCCC(N)C(=O)O.OP(O)(O)=S. The molecule has 0 aromatic heterocycles. The Morgan fingerprint density at radius 3 is 2.00 bits per heavy atom. The lowest BCUT2D eigenvalue weighted by atomic mass is 10.1. The number of hydrogen-bond donors (Lipinski definition) is 6. The maximum absolute atomic E-state index is 10.1. The molecule has 7 nitrogen and oxygen atoms in total. The van der Waals surface area contributed by atoms with Crippen LogP contribution in [0.5, 0.6) is 0 Å². The van der Waals surface area contributed by atoms with Gasteiger partial charge in [0.1, 0.15) is 6.04 Å². The summed E-state index contributed by atoms with van der Waals surface area (Å²) >= 11 is 3.60. The molecule has 0 saturated heterocycles. The van der Waals surface area contributed by atoms with Crippen LogP contribution in [-0.2, 0) is 16.6 Å². The van der Waals surface area contributed by atoms with E-state index in [1.165, 1.54) is 0 Å². The molecule has 0 rings (SSSR count). The van der Waals surface area contributed by atoms with Gasteiger partial charge >= 0.3 is 12.7 Å². The van der Waals surface area contributed by atoms with Crippen molar-refractivity contribution in [3.8, 4) is 0 Å². The van der Waals surface area contributed by atoms with Gasteiger partial charge in [-0.25, -0.2) is 0 Å². The summed E-state index contributed by atoms with van der Waals surface area (Å²) in [7, 11) is 0. The molecule has 9 heteroatoms. The van der Waals surface area contributed by atoms with Crippen molar-refractivity contribution < 1.29 is 24.6 Å². The summed E-state index contributed by atoms with van der Waals surface area (Å²) in [5, 5.41) is 8.33. The predicted octanol–water partition coefficient (Wildman–Crippen LogP) is -1.28. The monoisotopic (exact) mass is 260 g/mol. The first-order valence-electron chi connectivity index (χ1n) is 4.15. The fourth-order valence-corrected chi connectivity index (χ4v) is 0.632. The molecule has 8 N–H and O–H groups in total. The lowest BCUT2D eigenvalue weighted by Crippen LogP contribution is -2.29. The second-order valence-corrected chi connectivity index (χ2v) is 5.24. The highest BCUT2D eigenvalue weighted by Crippen LogP contribution is 2.26. The van der Waals surface area contributed by atoms with E-state index >= 15 is 0 Å². The second kappa shape index (κ2) is 9.17. The van der Waals surface area contributed by atoms with Crippen LogP contribution in [0.2, 0.25) is 0 Å². The van der Waals surface area contributed by atoms with Crippen molar-refractivity contribution in [2.24, 2.45) is 11.5 Å². The van der Waals surface area contributed by atoms with E-state index in [0.29, 0.717) is 13.0 Å². The van der Waals surface area contributed by atoms with Crippen LogP contribution in [0.15, 0.2) is 0 Å². The fourth-order valence-electron chi connectivity index (χ4n) is 0.632. The molecule has 0 aromatic rings. The summed E-state index contributed by atoms with van der Waals surface area (Å²) in [6.45, 7) is -3.20. The van der Waals surface area contributed by atoms with Gasteiger partial charge in [-0.15, -0.1) is 0 Å². The van der Waals surface area contributed by atoms with E-state index in [4.69, 9.17) is 31.3 Å². The molecular formula is C6H17N2O5PS. The minimum atomic E-state index is -3.81. The molecule has 0 saturated carbocycles. The molecule has 0 fully saturated rings. The third-order valence-electron chi connectivity index (χ3n) is 1.29. The Hall–Kier alpha value is -0.0800. The number of hydrogen-bond acceptors (Lipinski definition) is 4. The number of unbranched alkanes of at least 4 members (excludes halogenated alkanes) is 1. The smallest absolute Gasteiger partial charge is 0.320 e. The largest absolute Gasteiger partial charge is 0.480 e. The van der Waals surface area contributed by atoms with Gasteiger partial charge in [-0.2, -0.15) is 0 Å². The summed E-state index contributed by atoms with van der Waals surface area (Å²) in [5.41, 5.74) is 10.4. The normalized spacial score (nSPS) is 12.6. The zero-order chi connectivity index (χ0) is 12.5. The van der Waals surface area contributed by atoms with E-state index in [0.717, 1.165) is 12.8 Å². The molecule has 0 aromatic carbocycles. The van der Waals surface area contributed by atoms with Gasteiger partial charge in [-0.3, -0.25) is 4.79 Å². The number of carboxylic acid groups (broad SMARTS) is 1. The van der Waals surface area contributed by atoms with E-state index in [2.05, 4.69) is 11.8 Å². The van der Waals surface area contributed by atoms with Gasteiger partial charge in [0.25, 0.3) is 0 Å². The van der Waals surface area contributed by atoms with E-state index in [1.807, 2.05) is 0 Å². The Kier molecular flexibility index (Phi) is 10.6. The molecule has 0 radical (unpaired) electrons. The Bertz CT molecular complexity index is 213. The second-order valence-electron chi connectivity index (χ2n) is 2.74. The standard InChI is InChI=1S/C6H14N2O2.H3O3PS/c7-4-2-1-3-5(8)6(9)10;1-4(2,3)5/h5H,1-4,7-8H2,(H,9,10);(H3,1,2,3,5). The molecule has 92 valence electrons. The van der Waals surface area contributed by atoms with Crippen molar-refractivity contribution in [1.29, 1.82) is 0 Å². The lowest BCUT2D eigenvalue weighted by molar-refractivity contribution is -0.138. The van der Waals surface area contributed by atoms with Crippen LogP contribution >= 0.6 is 6.72 Å². The van der Waals surface area contributed by atoms with Crippen molar-refractivity contribution in [1.82, 2.24) is 0 Å². The molecule has 0 bridgehead atoms. The maximum atomic E-state index is 10.1. The predicted molar refractivity (Wildman–Crippen MR) is 59.5 cm³/mol. The number of rotatable bonds is 5. The van der Waals surface area contributed by atoms with E-state index in [-0.39, 0.29) is 0 Å². The topological polar surface area (TPSA) is 150 Å².